The fourth-order valence-electron chi connectivity index (χ4n) is 2.34. The van der Waals surface area contributed by atoms with Crippen LogP contribution < -0.4 is 5.32 Å². The van der Waals surface area contributed by atoms with E-state index in [0.29, 0.717) is 0 Å². The Bertz CT molecular complexity index is 648. The van der Waals surface area contributed by atoms with Crippen LogP contribution in [0.1, 0.15) is 6.92 Å². The van der Waals surface area contributed by atoms with Crippen molar-refractivity contribution in [3.8, 4) is 0 Å². The second kappa shape index (κ2) is 6.77. The van der Waals surface area contributed by atoms with Crippen molar-refractivity contribution < 1.29 is 15.0 Å². The molecule has 2 amide bonds. The molecule has 0 saturated heterocycles. The first-order chi connectivity index (χ1) is 10.5. The predicted molar refractivity (Wildman–Crippen MR) is 87.9 cm³/mol. The van der Waals surface area contributed by atoms with Gasteiger partial charge in [0.05, 0.1) is 18.9 Å². The van der Waals surface area contributed by atoms with Crippen molar-refractivity contribution in [2.45, 2.75) is 6.92 Å². The summed E-state index contributed by atoms with van der Waals surface area (Å²) in [6.07, 6.45) is 0. The van der Waals surface area contributed by atoms with Gasteiger partial charge in [0.1, 0.15) is 0 Å². The molecule has 5 nitrogen and oxygen atoms in total. The largest absolute Gasteiger partial charge is 0.396 e. The molecule has 0 heterocycles. The van der Waals surface area contributed by atoms with Crippen molar-refractivity contribution in [3.63, 3.8) is 0 Å². The Morgan fingerprint density at radius 2 is 1.77 bits per heavy atom. The molecule has 0 saturated carbocycles. The molecule has 0 radical (unpaired) electrons. The molecule has 2 rings (SSSR count). The zero-order valence-corrected chi connectivity index (χ0v) is 12.9. The fraction of sp³-hybridized carbons (Fsp3) is 0.353. The highest BCUT2D eigenvalue weighted by molar-refractivity contribution is 6.01. The van der Waals surface area contributed by atoms with Crippen molar-refractivity contribution >= 4 is 22.5 Å². The van der Waals surface area contributed by atoms with E-state index in [-0.39, 0.29) is 25.8 Å². The lowest BCUT2D eigenvalue weighted by atomic mass is 9.92. The first-order valence-corrected chi connectivity index (χ1v) is 7.21. The third-order valence-electron chi connectivity index (χ3n) is 3.76. The van der Waals surface area contributed by atoms with Gasteiger partial charge < -0.3 is 20.4 Å². The number of carbonyl (C=O) groups excluding carboxylic acids is 1. The van der Waals surface area contributed by atoms with Crippen LogP contribution in [-0.4, -0.2) is 48.0 Å². The lowest BCUT2D eigenvalue weighted by molar-refractivity contribution is 0.0509. The summed E-state index contributed by atoms with van der Waals surface area (Å²) in [6.45, 7) is 1.62. The topological polar surface area (TPSA) is 72.8 Å². The lowest BCUT2D eigenvalue weighted by Gasteiger charge is -2.30. The van der Waals surface area contributed by atoms with Crippen LogP contribution in [-0.2, 0) is 0 Å². The summed E-state index contributed by atoms with van der Waals surface area (Å²) in [5.74, 6) is 0. The van der Waals surface area contributed by atoms with Crippen LogP contribution in [0.3, 0.4) is 0 Å². The number of aliphatic hydroxyl groups excluding tert-OH is 2. The smallest absolute Gasteiger partial charge is 0.321 e. The summed E-state index contributed by atoms with van der Waals surface area (Å²) in [7, 11) is 1.64. The third-order valence-corrected chi connectivity index (χ3v) is 3.76. The molecule has 0 aliphatic rings. The van der Waals surface area contributed by atoms with E-state index in [1.807, 2.05) is 42.5 Å². The second-order valence-electron chi connectivity index (χ2n) is 5.94. The second-order valence-corrected chi connectivity index (χ2v) is 5.94. The van der Waals surface area contributed by atoms with Gasteiger partial charge in [0.15, 0.2) is 0 Å². The Balaban J connectivity index is 2.14. The molecule has 2 aromatic rings. The maximum absolute atomic E-state index is 12.3. The molecule has 0 aliphatic carbocycles. The van der Waals surface area contributed by atoms with Gasteiger partial charge in [-0.3, -0.25) is 0 Å². The summed E-state index contributed by atoms with van der Waals surface area (Å²) in [5, 5.41) is 23.6. The van der Waals surface area contributed by atoms with E-state index in [9.17, 15) is 15.0 Å². The van der Waals surface area contributed by atoms with Crippen LogP contribution in [0, 0.1) is 5.41 Å². The third kappa shape index (κ3) is 3.55. The first kappa shape index (κ1) is 16.3. The van der Waals surface area contributed by atoms with Crippen LogP contribution in [0.2, 0.25) is 0 Å². The minimum Gasteiger partial charge on any atom is -0.396 e. The number of nitrogens with zero attached hydrogens (tertiary/aromatic N) is 1. The Hall–Kier alpha value is -2.11. The molecule has 0 aliphatic heterocycles. The number of fused-ring (bicyclic) bond motifs is 1. The van der Waals surface area contributed by atoms with E-state index in [1.54, 1.807) is 14.0 Å². The molecule has 0 unspecified atom stereocenters. The van der Waals surface area contributed by atoms with Gasteiger partial charge in [0.2, 0.25) is 0 Å². The molecular weight excluding hydrogens is 280 g/mol. The first-order valence-electron chi connectivity index (χ1n) is 7.21. The summed E-state index contributed by atoms with van der Waals surface area (Å²) < 4.78 is 0. The van der Waals surface area contributed by atoms with Gasteiger partial charge in [0.25, 0.3) is 0 Å². The van der Waals surface area contributed by atoms with Gasteiger partial charge in [-0.15, -0.1) is 0 Å². The van der Waals surface area contributed by atoms with E-state index in [2.05, 4.69) is 5.32 Å². The van der Waals surface area contributed by atoms with Crippen molar-refractivity contribution in [2.75, 3.05) is 32.1 Å². The maximum Gasteiger partial charge on any atom is 0.321 e. The SMILES string of the molecule is CN(CC(C)(CO)CO)C(=O)Nc1cccc2ccccc12. The van der Waals surface area contributed by atoms with Crippen molar-refractivity contribution in [3.05, 3.63) is 42.5 Å². The number of hydrogen-bond donors (Lipinski definition) is 3. The molecule has 3 N–H and O–H groups in total. The van der Waals surface area contributed by atoms with E-state index >= 15 is 0 Å². The predicted octanol–water partition coefficient (Wildman–Crippen LogP) is 2.29. The quantitative estimate of drug-likeness (QED) is 0.793. The van der Waals surface area contributed by atoms with Crippen molar-refractivity contribution in [1.82, 2.24) is 4.90 Å². The van der Waals surface area contributed by atoms with Gasteiger partial charge in [-0.25, -0.2) is 4.79 Å². The molecule has 0 atom stereocenters. The molecule has 0 aromatic heterocycles. The van der Waals surface area contributed by atoms with Crippen LogP contribution >= 0.6 is 0 Å². The van der Waals surface area contributed by atoms with Crippen LogP contribution in [0.4, 0.5) is 10.5 Å². The highest BCUT2D eigenvalue weighted by Gasteiger charge is 2.26. The van der Waals surface area contributed by atoms with Gasteiger partial charge >= 0.3 is 6.03 Å². The van der Waals surface area contributed by atoms with E-state index in [1.165, 1.54) is 4.90 Å². The van der Waals surface area contributed by atoms with Crippen molar-refractivity contribution in [2.24, 2.45) is 5.41 Å². The summed E-state index contributed by atoms with van der Waals surface area (Å²) in [4.78, 5) is 13.8. The minimum absolute atomic E-state index is 0.185. The van der Waals surface area contributed by atoms with Crippen LogP contribution in [0.15, 0.2) is 42.5 Å². The molecule has 0 fully saturated rings. The highest BCUT2D eigenvalue weighted by atomic mass is 16.3. The number of carbonyl (C=O) groups is 1. The van der Waals surface area contributed by atoms with E-state index < -0.39 is 5.41 Å². The van der Waals surface area contributed by atoms with Crippen LogP contribution in [0.25, 0.3) is 10.8 Å². The molecule has 22 heavy (non-hydrogen) atoms. The monoisotopic (exact) mass is 302 g/mol. The number of rotatable bonds is 5. The van der Waals surface area contributed by atoms with Gasteiger partial charge in [-0.2, -0.15) is 0 Å². The van der Waals surface area contributed by atoms with E-state index in [0.717, 1.165) is 16.5 Å². The Morgan fingerprint density at radius 1 is 1.14 bits per heavy atom. The Kier molecular flexibility index (Phi) is 5.00. The molecule has 5 heteroatoms. The summed E-state index contributed by atoms with van der Waals surface area (Å²) in [5.41, 5.74) is 0.0230. The number of hydrogen-bond acceptors (Lipinski definition) is 3. The number of benzene rings is 2. The molecule has 118 valence electrons. The Labute approximate surface area is 130 Å². The van der Waals surface area contributed by atoms with Gasteiger partial charge in [-0.05, 0) is 11.5 Å². The Morgan fingerprint density at radius 3 is 2.45 bits per heavy atom. The number of nitrogens with one attached hydrogen (secondary N) is 1. The normalized spacial score (nSPS) is 11.5. The highest BCUT2D eigenvalue weighted by Crippen LogP contribution is 2.23. The summed E-state index contributed by atoms with van der Waals surface area (Å²) >= 11 is 0. The number of aliphatic hydroxyl groups is 2. The summed E-state index contributed by atoms with van der Waals surface area (Å²) in [6, 6.07) is 13.3. The average molecular weight is 302 g/mol. The van der Waals surface area contributed by atoms with Crippen molar-refractivity contribution in [1.29, 1.82) is 0 Å². The average Bonchev–Trinajstić information content (AvgIpc) is 2.55. The fourth-order valence-corrected chi connectivity index (χ4v) is 2.34. The van der Waals surface area contributed by atoms with Gasteiger partial charge in [0, 0.05) is 24.4 Å². The maximum atomic E-state index is 12.3. The zero-order valence-electron chi connectivity index (χ0n) is 12.9. The lowest BCUT2D eigenvalue weighted by Crippen LogP contribution is -2.43. The van der Waals surface area contributed by atoms with Gasteiger partial charge in [-0.1, -0.05) is 43.3 Å². The molecule has 2 aromatic carbocycles. The minimum atomic E-state index is -0.717. The zero-order chi connectivity index (χ0) is 16.2. The molecule has 0 spiro atoms. The molecule has 0 bridgehead atoms. The van der Waals surface area contributed by atoms with E-state index in [4.69, 9.17) is 0 Å². The number of amides is 2. The standard InChI is InChI=1S/C17H22N2O3/c1-17(11-20,12-21)10-19(2)16(22)18-15-9-5-7-13-6-3-4-8-14(13)15/h3-9,20-21H,10-12H2,1-2H3,(H,18,22). The number of urea groups is 1. The molecular formula is C17H22N2O3. The number of anilines is 1. The van der Waals surface area contributed by atoms with Crippen LogP contribution in [0.5, 0.6) is 0 Å².